The third kappa shape index (κ3) is 3.83. The molecule has 0 saturated carbocycles. The van der Waals surface area contributed by atoms with E-state index < -0.39 is 0 Å². The van der Waals surface area contributed by atoms with Gasteiger partial charge < -0.3 is 14.6 Å². The minimum absolute atomic E-state index is 0.106. The Kier molecular flexibility index (Phi) is 4.99. The Bertz CT molecular complexity index is 1390. The predicted octanol–water partition coefficient (Wildman–Crippen LogP) is 5.35. The monoisotopic (exact) mass is 438 g/mol. The van der Waals surface area contributed by atoms with Crippen LogP contribution in [0.25, 0.3) is 21.7 Å². The predicted molar refractivity (Wildman–Crippen MR) is 129 cm³/mol. The summed E-state index contributed by atoms with van der Waals surface area (Å²) in [4.78, 5) is 30.8. The molecule has 1 saturated heterocycles. The number of rotatable bonds is 5. The van der Waals surface area contributed by atoms with Crippen LogP contribution >= 0.6 is 0 Å². The van der Waals surface area contributed by atoms with Gasteiger partial charge in [0.25, 0.3) is 0 Å². The van der Waals surface area contributed by atoms with Gasteiger partial charge in [0.2, 0.25) is 0 Å². The summed E-state index contributed by atoms with van der Waals surface area (Å²) in [5.74, 6) is 1.42. The average molecular weight is 439 g/mol. The molecule has 1 unspecified atom stereocenters. The van der Waals surface area contributed by atoms with Crippen LogP contribution in [-0.4, -0.2) is 47.7 Å². The van der Waals surface area contributed by atoms with Gasteiger partial charge in [0.1, 0.15) is 5.75 Å². The first kappa shape index (κ1) is 20.2. The summed E-state index contributed by atoms with van der Waals surface area (Å²) in [5.41, 5.74) is 3.89. The number of H-pyrrole nitrogens is 1. The van der Waals surface area contributed by atoms with Crippen molar-refractivity contribution < 1.29 is 14.3 Å². The quantitative estimate of drug-likeness (QED) is 0.427. The Morgan fingerprint density at radius 2 is 1.97 bits per heavy atom. The van der Waals surface area contributed by atoms with E-state index in [1.54, 1.807) is 0 Å². The van der Waals surface area contributed by atoms with Gasteiger partial charge in [-0.2, -0.15) is 0 Å². The second-order valence-corrected chi connectivity index (χ2v) is 9.22. The first-order chi connectivity index (χ1) is 16.1. The molecule has 5 heteroatoms. The Hall–Kier alpha value is -3.44. The van der Waals surface area contributed by atoms with Gasteiger partial charge in [-0.1, -0.05) is 18.2 Å². The van der Waals surface area contributed by atoms with Gasteiger partial charge in [-0.3, -0.25) is 9.59 Å². The summed E-state index contributed by atoms with van der Waals surface area (Å²) in [6.07, 6.45) is 4.02. The van der Waals surface area contributed by atoms with Crippen LogP contribution in [0.15, 0.2) is 60.8 Å². The van der Waals surface area contributed by atoms with Crippen molar-refractivity contribution in [3.8, 4) is 5.75 Å². The van der Waals surface area contributed by atoms with E-state index in [1.807, 2.05) is 36.5 Å². The normalized spacial score (nSPS) is 18.5. The zero-order valence-corrected chi connectivity index (χ0v) is 18.5. The SMILES string of the molecule is O=C(CCN1CCC(c2ccc3[nH]ccc3c2)C1)c1ccc2cc3c(cc2c1)C(=O)CCO3. The molecule has 2 aliphatic heterocycles. The van der Waals surface area contributed by atoms with E-state index in [9.17, 15) is 9.59 Å². The molecule has 166 valence electrons. The number of nitrogens with zero attached hydrogens (tertiary/aromatic N) is 1. The maximum absolute atomic E-state index is 12.9. The van der Waals surface area contributed by atoms with E-state index >= 15 is 0 Å². The number of carbonyl (C=O) groups excluding carboxylic acids is 2. The van der Waals surface area contributed by atoms with Crippen molar-refractivity contribution in [1.82, 2.24) is 9.88 Å². The minimum atomic E-state index is 0.106. The van der Waals surface area contributed by atoms with Gasteiger partial charge in [-0.15, -0.1) is 0 Å². The average Bonchev–Trinajstić information content (AvgIpc) is 3.50. The molecule has 6 rings (SSSR count). The van der Waals surface area contributed by atoms with E-state index in [-0.39, 0.29) is 11.6 Å². The fourth-order valence-corrected chi connectivity index (χ4v) is 5.21. The number of ether oxygens (including phenoxy) is 1. The number of benzene rings is 3. The summed E-state index contributed by atoms with van der Waals surface area (Å²) in [5, 5.41) is 3.16. The van der Waals surface area contributed by atoms with Crippen LogP contribution in [0.5, 0.6) is 5.75 Å². The number of hydrogen-bond donors (Lipinski definition) is 1. The number of Topliss-reactive ketones (excluding diaryl/α,β-unsaturated/α-hetero) is 2. The molecule has 1 atom stereocenters. The number of likely N-dealkylation sites (tertiary alicyclic amines) is 1. The Balaban J connectivity index is 1.12. The molecule has 1 aromatic heterocycles. The molecule has 3 aromatic carbocycles. The van der Waals surface area contributed by atoms with Gasteiger partial charge in [0.15, 0.2) is 11.6 Å². The minimum Gasteiger partial charge on any atom is -0.492 e. The first-order valence-electron chi connectivity index (χ1n) is 11.7. The third-order valence-corrected chi connectivity index (χ3v) is 7.12. The fraction of sp³-hybridized carbons (Fsp3) is 0.286. The number of aromatic nitrogens is 1. The van der Waals surface area contributed by atoms with Crippen molar-refractivity contribution in [2.45, 2.75) is 25.2 Å². The zero-order valence-electron chi connectivity index (χ0n) is 18.5. The molecule has 3 heterocycles. The van der Waals surface area contributed by atoms with Gasteiger partial charge >= 0.3 is 0 Å². The number of fused-ring (bicyclic) bond motifs is 3. The van der Waals surface area contributed by atoms with E-state index in [2.05, 4.69) is 34.1 Å². The standard InChI is InChI=1S/C28H26N2O3/c31-26(21-2-1-19-16-28-24(15-23(19)14-21)27(32)8-12-33-28)7-11-30-10-6-22(17-30)18-3-4-25-20(13-18)5-9-29-25/h1-5,9,13-16,22,29H,6-8,10-12,17H2. The lowest BCUT2D eigenvalue weighted by atomic mass is 9.97. The highest BCUT2D eigenvalue weighted by molar-refractivity contribution is 6.05. The summed E-state index contributed by atoms with van der Waals surface area (Å²) >= 11 is 0. The Morgan fingerprint density at radius 1 is 1.03 bits per heavy atom. The smallest absolute Gasteiger partial charge is 0.170 e. The van der Waals surface area contributed by atoms with Gasteiger partial charge in [0.05, 0.1) is 12.2 Å². The number of carbonyl (C=O) groups is 2. The Morgan fingerprint density at radius 3 is 2.91 bits per heavy atom. The zero-order chi connectivity index (χ0) is 22.4. The molecule has 33 heavy (non-hydrogen) atoms. The Labute approximate surface area is 192 Å². The summed E-state index contributed by atoms with van der Waals surface area (Å²) in [6, 6.07) is 18.3. The third-order valence-electron chi connectivity index (χ3n) is 7.12. The molecule has 0 aliphatic carbocycles. The molecule has 5 nitrogen and oxygen atoms in total. The van der Waals surface area contributed by atoms with E-state index in [0.29, 0.717) is 42.2 Å². The highest BCUT2D eigenvalue weighted by Crippen LogP contribution is 2.32. The largest absolute Gasteiger partial charge is 0.492 e. The van der Waals surface area contributed by atoms with Crippen LogP contribution in [0, 0.1) is 0 Å². The maximum Gasteiger partial charge on any atom is 0.170 e. The highest BCUT2D eigenvalue weighted by Gasteiger charge is 2.25. The second-order valence-electron chi connectivity index (χ2n) is 9.22. The lowest BCUT2D eigenvalue weighted by Crippen LogP contribution is -2.23. The van der Waals surface area contributed by atoms with Crippen LogP contribution < -0.4 is 4.74 Å². The first-order valence-corrected chi connectivity index (χ1v) is 11.7. The van der Waals surface area contributed by atoms with Crippen LogP contribution in [0.1, 0.15) is 51.5 Å². The fourth-order valence-electron chi connectivity index (χ4n) is 5.21. The van der Waals surface area contributed by atoms with Crippen LogP contribution in [-0.2, 0) is 0 Å². The number of aromatic amines is 1. The van der Waals surface area contributed by atoms with Gasteiger partial charge in [0, 0.05) is 43.2 Å². The van der Waals surface area contributed by atoms with Crippen LogP contribution in [0.2, 0.25) is 0 Å². The molecule has 0 spiro atoms. The maximum atomic E-state index is 12.9. The lowest BCUT2D eigenvalue weighted by molar-refractivity contribution is 0.0932. The van der Waals surface area contributed by atoms with Gasteiger partial charge in [-0.25, -0.2) is 0 Å². The van der Waals surface area contributed by atoms with Crippen molar-refractivity contribution in [2.24, 2.45) is 0 Å². The molecule has 2 aliphatic rings. The second kappa shape index (κ2) is 8.16. The van der Waals surface area contributed by atoms with Crippen molar-refractivity contribution in [2.75, 3.05) is 26.2 Å². The molecule has 0 amide bonds. The molecule has 0 radical (unpaired) electrons. The summed E-state index contributed by atoms with van der Waals surface area (Å²) in [7, 11) is 0. The van der Waals surface area contributed by atoms with Crippen molar-refractivity contribution in [3.05, 3.63) is 77.5 Å². The van der Waals surface area contributed by atoms with Crippen molar-refractivity contribution in [1.29, 1.82) is 0 Å². The van der Waals surface area contributed by atoms with Crippen molar-refractivity contribution >= 4 is 33.2 Å². The number of nitrogens with one attached hydrogen (secondary N) is 1. The molecular formula is C28H26N2O3. The molecule has 0 bridgehead atoms. The van der Waals surface area contributed by atoms with Crippen LogP contribution in [0.4, 0.5) is 0 Å². The molecular weight excluding hydrogens is 412 g/mol. The molecule has 4 aromatic rings. The van der Waals surface area contributed by atoms with E-state index in [1.165, 1.54) is 16.5 Å². The summed E-state index contributed by atoms with van der Waals surface area (Å²) in [6.45, 7) is 3.23. The van der Waals surface area contributed by atoms with Gasteiger partial charge in [-0.05, 0) is 77.0 Å². The molecule has 1 N–H and O–H groups in total. The van der Waals surface area contributed by atoms with E-state index in [0.717, 1.165) is 36.8 Å². The van der Waals surface area contributed by atoms with Crippen LogP contribution in [0.3, 0.4) is 0 Å². The topological polar surface area (TPSA) is 62.4 Å². The lowest BCUT2D eigenvalue weighted by Gasteiger charge is -2.17. The number of ketones is 2. The summed E-state index contributed by atoms with van der Waals surface area (Å²) < 4.78 is 5.64. The molecule has 1 fully saturated rings. The highest BCUT2D eigenvalue weighted by atomic mass is 16.5. The van der Waals surface area contributed by atoms with E-state index in [4.69, 9.17) is 4.74 Å². The number of hydrogen-bond acceptors (Lipinski definition) is 4. The van der Waals surface area contributed by atoms with Crippen molar-refractivity contribution in [3.63, 3.8) is 0 Å².